The first-order chi connectivity index (χ1) is 9.44. The molecular weight excluding hydrogens is 286 g/mol. The van der Waals surface area contributed by atoms with Crippen LogP contribution >= 0.6 is 0 Å². The van der Waals surface area contributed by atoms with Crippen LogP contribution in [0.2, 0.25) is 0 Å². The van der Waals surface area contributed by atoms with Gasteiger partial charge in [-0.2, -0.15) is 4.72 Å². The maximum absolute atomic E-state index is 12.1. The Kier molecular flexibility index (Phi) is 3.96. The van der Waals surface area contributed by atoms with Crippen molar-refractivity contribution in [3.63, 3.8) is 0 Å². The molecule has 0 aliphatic carbocycles. The zero-order valence-corrected chi connectivity index (χ0v) is 11.2. The topological polar surface area (TPSA) is 102 Å². The number of aliphatic carboxylic acids is 1. The van der Waals surface area contributed by atoms with Gasteiger partial charge >= 0.3 is 5.97 Å². The average molecular weight is 299 g/mol. The molecule has 1 aromatic rings. The Hall–Kier alpha value is -2.06. The summed E-state index contributed by atoms with van der Waals surface area (Å²) in [6, 6.07) is 2.81. The monoisotopic (exact) mass is 299 g/mol. The van der Waals surface area contributed by atoms with Gasteiger partial charge in [0.1, 0.15) is 6.04 Å². The van der Waals surface area contributed by atoms with Crippen LogP contribution in [-0.2, 0) is 14.8 Å². The molecule has 8 heteroatoms. The van der Waals surface area contributed by atoms with Crippen molar-refractivity contribution >= 4 is 16.0 Å². The quantitative estimate of drug-likeness (QED) is 0.751. The normalized spacial score (nSPS) is 14.8. The lowest BCUT2D eigenvalue weighted by molar-refractivity contribution is -0.138. The highest BCUT2D eigenvalue weighted by Gasteiger charge is 2.26. The second kappa shape index (κ2) is 5.51. The highest BCUT2D eigenvalue weighted by atomic mass is 32.2. The number of rotatable bonds is 6. The lowest BCUT2D eigenvalue weighted by Gasteiger charge is -2.13. The van der Waals surface area contributed by atoms with E-state index in [4.69, 9.17) is 14.6 Å². The summed E-state index contributed by atoms with van der Waals surface area (Å²) < 4.78 is 36.5. The number of hydrogen-bond acceptors (Lipinski definition) is 5. The second-order valence-corrected chi connectivity index (χ2v) is 5.77. The molecule has 0 bridgehead atoms. The zero-order valence-electron chi connectivity index (χ0n) is 10.4. The number of benzene rings is 1. The largest absolute Gasteiger partial charge is 0.480 e. The maximum atomic E-state index is 12.1. The molecule has 0 unspecified atom stereocenters. The summed E-state index contributed by atoms with van der Waals surface area (Å²) in [4.78, 5) is 10.9. The van der Waals surface area contributed by atoms with Gasteiger partial charge in [0.2, 0.25) is 16.8 Å². The summed E-state index contributed by atoms with van der Waals surface area (Å²) in [7, 11) is -3.96. The molecule has 1 atom stereocenters. The van der Waals surface area contributed by atoms with E-state index < -0.39 is 22.0 Å². The molecule has 20 heavy (non-hydrogen) atoms. The Morgan fingerprint density at radius 2 is 2.15 bits per heavy atom. The molecule has 108 valence electrons. The minimum atomic E-state index is -3.96. The average Bonchev–Trinajstić information content (AvgIpc) is 2.85. The third kappa shape index (κ3) is 2.91. The van der Waals surface area contributed by atoms with Crippen molar-refractivity contribution in [1.29, 1.82) is 0 Å². The van der Waals surface area contributed by atoms with Crippen LogP contribution in [0.3, 0.4) is 0 Å². The SMILES string of the molecule is C=CC[C@@H](NS(=O)(=O)c1ccc2c(c1)OCO2)C(=O)O. The van der Waals surface area contributed by atoms with E-state index in [2.05, 4.69) is 11.3 Å². The molecule has 1 heterocycles. The molecule has 1 aromatic carbocycles. The molecule has 1 aliphatic heterocycles. The van der Waals surface area contributed by atoms with Gasteiger partial charge in [0, 0.05) is 6.07 Å². The molecule has 1 aliphatic rings. The highest BCUT2D eigenvalue weighted by Crippen LogP contribution is 2.33. The number of carboxylic acids is 1. The Morgan fingerprint density at radius 1 is 1.45 bits per heavy atom. The van der Waals surface area contributed by atoms with Crippen molar-refractivity contribution in [2.45, 2.75) is 17.4 Å². The van der Waals surface area contributed by atoms with Crippen LogP contribution in [0.4, 0.5) is 0 Å². The minimum absolute atomic E-state index is 0.0148. The lowest BCUT2D eigenvalue weighted by atomic mass is 10.2. The van der Waals surface area contributed by atoms with Crippen LogP contribution in [0, 0.1) is 0 Å². The standard InChI is InChI=1S/C12H13NO6S/c1-2-3-9(12(14)15)13-20(16,17)8-4-5-10-11(6-8)19-7-18-10/h2,4-6,9,13H,1,3,7H2,(H,14,15)/t9-/m1/s1. The fourth-order valence-corrected chi connectivity index (χ4v) is 2.88. The molecule has 0 aromatic heterocycles. The summed E-state index contributed by atoms with van der Waals surface area (Å²) in [5.41, 5.74) is 0. The maximum Gasteiger partial charge on any atom is 0.322 e. The summed E-state index contributed by atoms with van der Waals surface area (Å²) in [5.74, 6) is -0.512. The Morgan fingerprint density at radius 3 is 2.80 bits per heavy atom. The number of sulfonamides is 1. The number of fused-ring (bicyclic) bond motifs is 1. The van der Waals surface area contributed by atoms with E-state index in [1.165, 1.54) is 24.3 Å². The first kappa shape index (κ1) is 14.4. The van der Waals surface area contributed by atoms with Gasteiger partial charge in [-0.1, -0.05) is 6.08 Å². The molecule has 7 nitrogen and oxygen atoms in total. The van der Waals surface area contributed by atoms with Gasteiger partial charge in [0.25, 0.3) is 0 Å². The fraction of sp³-hybridized carbons (Fsp3) is 0.250. The smallest absolute Gasteiger partial charge is 0.322 e. The highest BCUT2D eigenvalue weighted by molar-refractivity contribution is 7.89. The van der Waals surface area contributed by atoms with Gasteiger partial charge < -0.3 is 14.6 Å². The number of carboxylic acid groups (broad SMARTS) is 1. The number of nitrogens with one attached hydrogen (secondary N) is 1. The van der Waals surface area contributed by atoms with Gasteiger partial charge in [-0.15, -0.1) is 6.58 Å². The van der Waals surface area contributed by atoms with Crippen LogP contribution < -0.4 is 14.2 Å². The molecule has 2 N–H and O–H groups in total. The third-order valence-corrected chi connectivity index (χ3v) is 4.12. The van der Waals surface area contributed by atoms with E-state index in [9.17, 15) is 13.2 Å². The van der Waals surface area contributed by atoms with Crippen LogP contribution in [-0.4, -0.2) is 32.3 Å². The molecule has 0 radical (unpaired) electrons. The van der Waals surface area contributed by atoms with Crippen LogP contribution in [0.1, 0.15) is 6.42 Å². The molecule has 0 saturated carbocycles. The van der Waals surface area contributed by atoms with Gasteiger partial charge in [0.15, 0.2) is 11.5 Å². The van der Waals surface area contributed by atoms with Crippen LogP contribution in [0.25, 0.3) is 0 Å². The minimum Gasteiger partial charge on any atom is -0.480 e. The van der Waals surface area contributed by atoms with Crippen molar-refractivity contribution in [2.75, 3.05) is 6.79 Å². The molecule has 0 fully saturated rings. The summed E-state index contributed by atoms with van der Waals surface area (Å²) in [5, 5.41) is 8.95. The first-order valence-electron chi connectivity index (χ1n) is 5.70. The second-order valence-electron chi connectivity index (χ2n) is 4.05. The van der Waals surface area contributed by atoms with Gasteiger partial charge in [-0.3, -0.25) is 4.79 Å². The van der Waals surface area contributed by atoms with E-state index in [-0.39, 0.29) is 18.1 Å². The van der Waals surface area contributed by atoms with E-state index in [0.717, 1.165) is 0 Å². The van der Waals surface area contributed by atoms with E-state index in [1.54, 1.807) is 0 Å². The van der Waals surface area contributed by atoms with Gasteiger partial charge in [0.05, 0.1) is 4.90 Å². The predicted molar refractivity (Wildman–Crippen MR) is 69.1 cm³/mol. The summed E-state index contributed by atoms with van der Waals surface area (Å²) in [6.07, 6.45) is 1.32. The van der Waals surface area contributed by atoms with E-state index in [1.807, 2.05) is 0 Å². The molecule has 2 rings (SSSR count). The van der Waals surface area contributed by atoms with Crippen molar-refractivity contribution in [2.24, 2.45) is 0 Å². The number of hydrogen-bond donors (Lipinski definition) is 2. The number of carbonyl (C=O) groups is 1. The van der Waals surface area contributed by atoms with Crippen molar-refractivity contribution in [3.8, 4) is 11.5 Å². The van der Waals surface area contributed by atoms with E-state index in [0.29, 0.717) is 11.5 Å². The van der Waals surface area contributed by atoms with Crippen molar-refractivity contribution in [1.82, 2.24) is 4.72 Å². The molecule has 0 amide bonds. The first-order valence-corrected chi connectivity index (χ1v) is 7.18. The molecule has 0 spiro atoms. The summed E-state index contributed by atoms with van der Waals surface area (Å²) in [6.45, 7) is 3.43. The lowest BCUT2D eigenvalue weighted by Crippen LogP contribution is -2.40. The Labute approximate surface area is 115 Å². The van der Waals surface area contributed by atoms with Crippen LogP contribution in [0.15, 0.2) is 35.7 Å². The third-order valence-electron chi connectivity index (χ3n) is 2.65. The fourth-order valence-electron chi connectivity index (χ4n) is 1.67. The van der Waals surface area contributed by atoms with Crippen LogP contribution in [0.5, 0.6) is 11.5 Å². The molecule has 0 saturated heterocycles. The molecular formula is C12H13NO6S. The Balaban J connectivity index is 2.25. The number of ether oxygens (including phenoxy) is 2. The Bertz CT molecular complexity index is 639. The predicted octanol–water partition coefficient (Wildman–Crippen LogP) is 0.723. The summed E-state index contributed by atoms with van der Waals surface area (Å²) >= 11 is 0. The van der Waals surface area contributed by atoms with Crippen molar-refractivity contribution in [3.05, 3.63) is 30.9 Å². The van der Waals surface area contributed by atoms with E-state index >= 15 is 0 Å². The van der Waals surface area contributed by atoms with Crippen molar-refractivity contribution < 1.29 is 27.8 Å². The van der Waals surface area contributed by atoms with Gasteiger partial charge in [-0.25, -0.2) is 8.42 Å². The zero-order chi connectivity index (χ0) is 14.8. The van der Waals surface area contributed by atoms with Gasteiger partial charge in [-0.05, 0) is 18.6 Å².